The fourth-order valence-electron chi connectivity index (χ4n) is 8.67. The van der Waals surface area contributed by atoms with Crippen LogP contribution in [0.25, 0.3) is 0 Å². The molecule has 0 aromatic carbocycles. The largest absolute Gasteiger partial charge is 0.393 e. The Hall–Kier alpha value is -0.650. The lowest BCUT2D eigenvalue weighted by molar-refractivity contribution is -0.131. The molecule has 0 aromatic rings. The fraction of sp³-hybridized carbons (Fsp3) is 0.960. The van der Waals surface area contributed by atoms with Crippen molar-refractivity contribution in [3.63, 3.8) is 0 Å². The maximum absolute atomic E-state index is 12.8. The summed E-state index contributed by atoms with van der Waals surface area (Å²) in [6, 6.07) is 0.343. The van der Waals surface area contributed by atoms with Gasteiger partial charge in [-0.1, -0.05) is 13.8 Å². The lowest BCUT2D eigenvalue weighted by Gasteiger charge is -2.61. The first-order valence-electron chi connectivity index (χ1n) is 12.7. The molecule has 5 rings (SSSR count). The molecule has 30 heavy (non-hydrogen) atoms. The van der Waals surface area contributed by atoms with E-state index in [4.69, 9.17) is 4.74 Å². The number of fused-ring (bicyclic) bond motifs is 5. The molecule has 4 aliphatic carbocycles. The van der Waals surface area contributed by atoms with E-state index in [1.165, 1.54) is 38.5 Å². The van der Waals surface area contributed by atoms with Crippen LogP contribution in [0.2, 0.25) is 0 Å². The number of amides is 1. The first-order valence-corrected chi connectivity index (χ1v) is 12.7. The van der Waals surface area contributed by atoms with E-state index in [-0.39, 0.29) is 17.4 Å². The average Bonchev–Trinajstić information content (AvgIpc) is 3.05. The van der Waals surface area contributed by atoms with Gasteiger partial charge in [0.25, 0.3) is 0 Å². The van der Waals surface area contributed by atoms with Gasteiger partial charge in [-0.15, -0.1) is 0 Å². The van der Waals surface area contributed by atoms with Crippen molar-refractivity contribution in [2.75, 3.05) is 32.8 Å². The number of ether oxygens (including phenoxy) is 1. The lowest BCUT2D eigenvalue weighted by atomic mass is 9.45. The molecule has 5 aliphatic rings. The number of aliphatic hydroxyl groups excluding tert-OH is 1. The number of morpholine rings is 1. The number of aliphatic hydroxyl groups is 1. The number of nitrogens with zero attached hydrogens (tertiary/aromatic N) is 1. The minimum atomic E-state index is -0.0639. The van der Waals surface area contributed by atoms with Gasteiger partial charge in [0.1, 0.15) is 0 Å². The molecule has 5 heteroatoms. The average molecular weight is 419 g/mol. The van der Waals surface area contributed by atoms with Crippen LogP contribution in [0.15, 0.2) is 0 Å². The normalized spacial score (nSPS) is 49.0. The Morgan fingerprint density at radius 3 is 2.53 bits per heavy atom. The number of nitrogens with one attached hydrogen (secondary N) is 1. The molecule has 1 heterocycles. The van der Waals surface area contributed by atoms with Crippen LogP contribution in [0.1, 0.15) is 71.6 Å². The first-order chi connectivity index (χ1) is 14.4. The maximum Gasteiger partial charge on any atom is 0.234 e. The standard InChI is InChI=1S/C25H42N2O3/c1-24-9-7-18(28)15-17(24)3-4-19-20-5-6-22(25(20,2)10-8-21(19)24)26-23(29)16-27-11-13-30-14-12-27/h17-22,28H,3-16H2,1-2H3,(H,26,29)/t17-,18-,19-,20+,21+,22+,24-,25-/m0/s1. The molecule has 2 N–H and O–H groups in total. The van der Waals surface area contributed by atoms with Crippen LogP contribution >= 0.6 is 0 Å². The summed E-state index contributed by atoms with van der Waals surface area (Å²) in [5, 5.41) is 13.7. The zero-order chi connectivity index (χ0) is 20.9. The van der Waals surface area contributed by atoms with E-state index >= 15 is 0 Å². The Bertz CT molecular complexity index is 650. The molecule has 1 saturated heterocycles. The van der Waals surface area contributed by atoms with Crippen molar-refractivity contribution in [1.82, 2.24) is 10.2 Å². The van der Waals surface area contributed by atoms with Crippen LogP contribution in [0.4, 0.5) is 0 Å². The van der Waals surface area contributed by atoms with E-state index in [0.29, 0.717) is 18.0 Å². The smallest absolute Gasteiger partial charge is 0.234 e. The molecule has 1 aliphatic heterocycles. The predicted octanol–water partition coefficient (Wildman–Crippen LogP) is 3.21. The molecule has 5 nitrogen and oxygen atoms in total. The monoisotopic (exact) mass is 418 g/mol. The molecule has 0 unspecified atom stereocenters. The summed E-state index contributed by atoms with van der Waals surface area (Å²) < 4.78 is 5.42. The Labute approximate surface area is 182 Å². The summed E-state index contributed by atoms with van der Waals surface area (Å²) in [5.74, 6) is 3.33. The number of hydrogen-bond donors (Lipinski definition) is 2. The van der Waals surface area contributed by atoms with Gasteiger partial charge >= 0.3 is 0 Å². The number of carbonyl (C=O) groups is 1. The minimum Gasteiger partial charge on any atom is -0.393 e. The van der Waals surface area contributed by atoms with Crippen LogP contribution < -0.4 is 5.32 Å². The second-order valence-electron chi connectivity index (χ2n) is 11.7. The molecule has 4 saturated carbocycles. The first kappa shape index (κ1) is 21.2. The van der Waals surface area contributed by atoms with Crippen molar-refractivity contribution in [2.45, 2.75) is 83.8 Å². The van der Waals surface area contributed by atoms with E-state index in [2.05, 4.69) is 24.1 Å². The van der Waals surface area contributed by atoms with E-state index < -0.39 is 0 Å². The number of carbonyl (C=O) groups excluding carboxylic acids is 1. The molecular formula is C25H42N2O3. The summed E-state index contributed by atoms with van der Waals surface area (Å²) in [6.45, 7) is 8.80. The topological polar surface area (TPSA) is 61.8 Å². The van der Waals surface area contributed by atoms with E-state index in [1.807, 2.05) is 0 Å². The van der Waals surface area contributed by atoms with Crippen LogP contribution in [-0.4, -0.2) is 60.9 Å². The van der Waals surface area contributed by atoms with Gasteiger partial charge in [-0.3, -0.25) is 9.69 Å². The highest BCUT2D eigenvalue weighted by atomic mass is 16.5. The molecule has 0 spiro atoms. The Kier molecular flexibility index (Phi) is 5.69. The number of rotatable bonds is 3. The quantitative estimate of drug-likeness (QED) is 0.739. The van der Waals surface area contributed by atoms with Crippen molar-refractivity contribution in [3.05, 3.63) is 0 Å². The van der Waals surface area contributed by atoms with Gasteiger partial charge in [0.05, 0.1) is 25.9 Å². The SMILES string of the molecule is C[C@]12CC[C@H](O)C[C@@H]1CC[C@@H]1[C@H]2CC[C@@]2(C)[C@@H]1CC[C@H]2NC(=O)CN1CCOCC1. The fourth-order valence-corrected chi connectivity index (χ4v) is 8.67. The molecule has 170 valence electrons. The molecule has 8 atom stereocenters. The van der Waals surface area contributed by atoms with Crippen molar-refractivity contribution >= 4 is 5.91 Å². The molecule has 0 radical (unpaired) electrons. The van der Waals surface area contributed by atoms with Gasteiger partial charge in [-0.05, 0) is 92.3 Å². The predicted molar refractivity (Wildman–Crippen MR) is 117 cm³/mol. The summed E-state index contributed by atoms with van der Waals surface area (Å²) in [4.78, 5) is 15.0. The van der Waals surface area contributed by atoms with Gasteiger partial charge < -0.3 is 15.2 Å². The van der Waals surface area contributed by atoms with Crippen molar-refractivity contribution in [1.29, 1.82) is 0 Å². The van der Waals surface area contributed by atoms with Crippen molar-refractivity contribution in [2.24, 2.45) is 34.5 Å². The molecule has 0 aromatic heterocycles. The third-order valence-electron chi connectivity index (χ3n) is 10.4. The van der Waals surface area contributed by atoms with Gasteiger partial charge in [0.2, 0.25) is 5.91 Å². The second kappa shape index (κ2) is 8.04. The van der Waals surface area contributed by atoms with E-state index in [0.717, 1.165) is 69.2 Å². The third-order valence-corrected chi connectivity index (χ3v) is 10.4. The van der Waals surface area contributed by atoms with Gasteiger partial charge in [0, 0.05) is 19.1 Å². The van der Waals surface area contributed by atoms with Crippen LogP contribution in [0, 0.1) is 34.5 Å². The zero-order valence-electron chi connectivity index (χ0n) is 19.1. The van der Waals surface area contributed by atoms with Crippen LogP contribution in [-0.2, 0) is 9.53 Å². The molecular weight excluding hydrogens is 376 g/mol. The highest BCUT2D eigenvalue weighted by Gasteiger charge is 2.60. The van der Waals surface area contributed by atoms with Crippen LogP contribution in [0.5, 0.6) is 0 Å². The van der Waals surface area contributed by atoms with Crippen LogP contribution in [0.3, 0.4) is 0 Å². The Balaban J connectivity index is 1.25. The van der Waals surface area contributed by atoms with Gasteiger partial charge in [0.15, 0.2) is 0 Å². The summed E-state index contributed by atoms with van der Waals surface area (Å²) in [7, 11) is 0. The minimum absolute atomic E-state index is 0.0639. The summed E-state index contributed by atoms with van der Waals surface area (Å²) in [6.07, 6.45) is 10.8. The Morgan fingerprint density at radius 1 is 1.00 bits per heavy atom. The maximum atomic E-state index is 12.8. The van der Waals surface area contributed by atoms with Gasteiger partial charge in [-0.25, -0.2) is 0 Å². The van der Waals surface area contributed by atoms with Gasteiger partial charge in [-0.2, -0.15) is 0 Å². The molecule has 5 fully saturated rings. The Morgan fingerprint density at radius 2 is 1.73 bits per heavy atom. The molecule has 1 amide bonds. The lowest BCUT2D eigenvalue weighted by Crippen LogP contribution is -2.56. The molecule has 0 bridgehead atoms. The summed E-state index contributed by atoms with van der Waals surface area (Å²) >= 11 is 0. The highest BCUT2D eigenvalue weighted by molar-refractivity contribution is 5.78. The summed E-state index contributed by atoms with van der Waals surface area (Å²) in [5.41, 5.74) is 0.695. The highest BCUT2D eigenvalue weighted by Crippen LogP contribution is 2.66. The third kappa shape index (κ3) is 3.53. The van der Waals surface area contributed by atoms with Crippen molar-refractivity contribution in [3.8, 4) is 0 Å². The van der Waals surface area contributed by atoms with E-state index in [9.17, 15) is 9.90 Å². The van der Waals surface area contributed by atoms with E-state index in [1.54, 1.807) is 0 Å². The zero-order valence-corrected chi connectivity index (χ0v) is 19.1. The number of hydrogen-bond acceptors (Lipinski definition) is 4. The van der Waals surface area contributed by atoms with Crippen molar-refractivity contribution < 1.29 is 14.6 Å². The second-order valence-corrected chi connectivity index (χ2v) is 11.7.